The van der Waals surface area contributed by atoms with Crippen molar-refractivity contribution in [3.63, 3.8) is 0 Å². The van der Waals surface area contributed by atoms with E-state index in [4.69, 9.17) is 4.74 Å². The molecule has 160 valence electrons. The number of ketones is 1. The van der Waals surface area contributed by atoms with Gasteiger partial charge in [0.15, 0.2) is 5.78 Å². The van der Waals surface area contributed by atoms with Crippen molar-refractivity contribution >= 4 is 23.2 Å². The lowest BCUT2D eigenvalue weighted by molar-refractivity contribution is -0.113. The second-order valence-corrected chi connectivity index (χ2v) is 7.42. The van der Waals surface area contributed by atoms with Gasteiger partial charge in [-0.3, -0.25) is 19.3 Å². The number of hydrogen-bond donors (Lipinski definition) is 3. The lowest BCUT2D eigenvalue weighted by atomic mass is 10.0. The molecule has 2 aromatic rings. The third kappa shape index (κ3) is 4.65. The van der Waals surface area contributed by atoms with Gasteiger partial charge in [-0.1, -0.05) is 0 Å². The summed E-state index contributed by atoms with van der Waals surface area (Å²) < 4.78 is 19.8. The second-order valence-electron chi connectivity index (χ2n) is 7.42. The van der Waals surface area contributed by atoms with Crippen LogP contribution in [0.2, 0.25) is 0 Å². The normalized spacial score (nSPS) is 15.6. The SMILES string of the molecule is CNC(=C(CNc1cc(C(=O)NC2(C)COC2)n(C)n1)C(C)=O)c1ccc(F)cn1. The average molecular weight is 416 g/mol. The molecule has 0 spiro atoms. The Kier molecular flexibility index (Phi) is 6.16. The van der Waals surface area contributed by atoms with Gasteiger partial charge >= 0.3 is 0 Å². The zero-order valence-corrected chi connectivity index (χ0v) is 17.4. The maximum absolute atomic E-state index is 13.2. The number of aromatic nitrogens is 3. The fourth-order valence-corrected chi connectivity index (χ4v) is 3.11. The third-order valence-electron chi connectivity index (χ3n) is 4.78. The van der Waals surface area contributed by atoms with Gasteiger partial charge in [-0.2, -0.15) is 5.10 Å². The van der Waals surface area contributed by atoms with Gasteiger partial charge in [-0.05, 0) is 26.0 Å². The van der Waals surface area contributed by atoms with Crippen LogP contribution in [0.4, 0.5) is 10.2 Å². The zero-order chi connectivity index (χ0) is 21.9. The van der Waals surface area contributed by atoms with Crippen LogP contribution in [0.25, 0.3) is 5.70 Å². The number of hydrogen-bond acceptors (Lipinski definition) is 7. The molecule has 0 aromatic carbocycles. The summed E-state index contributed by atoms with van der Waals surface area (Å²) in [6.07, 6.45) is 1.09. The van der Waals surface area contributed by atoms with E-state index in [1.54, 1.807) is 20.2 Å². The molecule has 1 aliphatic heterocycles. The fourth-order valence-electron chi connectivity index (χ4n) is 3.11. The van der Waals surface area contributed by atoms with Gasteiger partial charge < -0.3 is 20.7 Å². The standard InChI is InChI=1S/C20H25FN6O3/c1-12(28)14(18(22-3)15-6-5-13(21)8-23-15)9-24-17-7-16(27(4)26-17)19(29)25-20(2)10-30-11-20/h5-8,22H,9-11H2,1-4H3,(H,24,26)(H,25,29). The van der Waals surface area contributed by atoms with Crippen molar-refractivity contribution < 1.29 is 18.7 Å². The number of carbonyl (C=O) groups is 2. The van der Waals surface area contributed by atoms with Crippen molar-refractivity contribution in [3.8, 4) is 0 Å². The van der Waals surface area contributed by atoms with Crippen molar-refractivity contribution in [3.05, 3.63) is 47.2 Å². The van der Waals surface area contributed by atoms with Gasteiger partial charge in [-0.25, -0.2) is 4.39 Å². The van der Waals surface area contributed by atoms with Crippen molar-refractivity contribution in [2.45, 2.75) is 19.4 Å². The van der Waals surface area contributed by atoms with Crippen LogP contribution in [0.1, 0.15) is 30.0 Å². The minimum absolute atomic E-state index is 0.147. The first-order chi connectivity index (χ1) is 14.2. The number of halogens is 1. The molecule has 3 heterocycles. The number of nitrogens with zero attached hydrogens (tertiary/aromatic N) is 3. The molecule has 1 amide bonds. The number of amides is 1. The molecule has 1 fully saturated rings. The lowest BCUT2D eigenvalue weighted by Gasteiger charge is -2.38. The topological polar surface area (TPSA) is 110 Å². The largest absolute Gasteiger partial charge is 0.386 e. The molecule has 30 heavy (non-hydrogen) atoms. The number of Topliss-reactive ketones (excluding diaryl/α,β-unsaturated/α-hetero) is 1. The molecule has 2 aromatic heterocycles. The maximum atomic E-state index is 13.2. The van der Waals surface area contributed by atoms with Gasteiger partial charge in [0.2, 0.25) is 0 Å². The Bertz CT molecular complexity index is 979. The van der Waals surface area contributed by atoms with E-state index in [2.05, 4.69) is 26.0 Å². The Morgan fingerprint density at radius 3 is 2.60 bits per heavy atom. The molecule has 0 atom stereocenters. The number of ether oxygens (including phenoxy) is 1. The number of carbonyl (C=O) groups excluding carboxylic acids is 2. The summed E-state index contributed by atoms with van der Waals surface area (Å²) in [6.45, 7) is 4.44. The smallest absolute Gasteiger partial charge is 0.270 e. The molecule has 10 heteroatoms. The number of aryl methyl sites for hydroxylation is 1. The number of nitrogens with one attached hydrogen (secondary N) is 3. The van der Waals surface area contributed by atoms with Crippen molar-refractivity contribution in [2.24, 2.45) is 7.05 Å². The van der Waals surface area contributed by atoms with Crippen molar-refractivity contribution in [1.82, 2.24) is 25.4 Å². The number of pyridine rings is 1. The van der Waals surface area contributed by atoms with Crippen LogP contribution < -0.4 is 16.0 Å². The first kappa shape index (κ1) is 21.4. The predicted octanol–water partition coefficient (Wildman–Crippen LogP) is 1.10. The Hall–Kier alpha value is -3.27. The minimum atomic E-state index is -0.460. The molecule has 0 unspecified atom stereocenters. The third-order valence-corrected chi connectivity index (χ3v) is 4.78. The number of anilines is 1. The first-order valence-electron chi connectivity index (χ1n) is 9.44. The van der Waals surface area contributed by atoms with E-state index in [9.17, 15) is 14.0 Å². The molecular formula is C20H25FN6O3. The lowest BCUT2D eigenvalue weighted by Crippen LogP contribution is -2.60. The maximum Gasteiger partial charge on any atom is 0.270 e. The summed E-state index contributed by atoms with van der Waals surface area (Å²) in [5, 5.41) is 13.3. The molecular weight excluding hydrogens is 391 g/mol. The highest BCUT2D eigenvalue weighted by Crippen LogP contribution is 2.19. The van der Waals surface area contributed by atoms with E-state index < -0.39 is 5.82 Å². The predicted molar refractivity (Wildman–Crippen MR) is 109 cm³/mol. The van der Waals surface area contributed by atoms with E-state index in [1.807, 2.05) is 6.92 Å². The van der Waals surface area contributed by atoms with Gasteiger partial charge in [0, 0.05) is 32.3 Å². The Labute approximate surface area is 173 Å². The van der Waals surface area contributed by atoms with Crippen molar-refractivity contribution in [2.75, 3.05) is 32.1 Å². The van der Waals surface area contributed by atoms with E-state index in [-0.39, 0.29) is 23.8 Å². The van der Waals surface area contributed by atoms with Crippen LogP contribution in [-0.2, 0) is 16.6 Å². The Balaban J connectivity index is 1.77. The summed E-state index contributed by atoms with van der Waals surface area (Å²) >= 11 is 0. The molecule has 0 aliphatic carbocycles. The first-order valence-corrected chi connectivity index (χ1v) is 9.44. The molecule has 0 radical (unpaired) electrons. The monoisotopic (exact) mass is 416 g/mol. The quantitative estimate of drug-likeness (QED) is 0.553. The fraction of sp³-hybridized carbons (Fsp3) is 0.400. The highest BCUT2D eigenvalue weighted by Gasteiger charge is 2.35. The second kappa shape index (κ2) is 8.62. The van der Waals surface area contributed by atoms with E-state index in [0.717, 1.165) is 6.20 Å². The molecule has 3 N–H and O–H groups in total. The van der Waals surface area contributed by atoms with Gasteiger partial charge in [0.05, 0.1) is 36.3 Å². The van der Waals surface area contributed by atoms with Crippen LogP contribution in [-0.4, -0.2) is 58.8 Å². The minimum Gasteiger partial charge on any atom is -0.386 e. The number of rotatable bonds is 8. The summed E-state index contributed by atoms with van der Waals surface area (Å²) in [4.78, 5) is 28.8. The van der Waals surface area contributed by atoms with E-state index >= 15 is 0 Å². The summed E-state index contributed by atoms with van der Waals surface area (Å²) in [5.74, 6) is -0.445. The van der Waals surface area contributed by atoms with Gasteiger partial charge in [0.25, 0.3) is 5.91 Å². The van der Waals surface area contributed by atoms with Crippen LogP contribution in [0, 0.1) is 5.82 Å². The molecule has 1 saturated heterocycles. The summed E-state index contributed by atoms with van der Waals surface area (Å²) in [7, 11) is 3.33. The molecule has 3 rings (SSSR count). The highest BCUT2D eigenvalue weighted by molar-refractivity contribution is 6.01. The van der Waals surface area contributed by atoms with Crippen LogP contribution in [0.15, 0.2) is 30.0 Å². The van der Waals surface area contributed by atoms with E-state index in [1.165, 1.54) is 23.7 Å². The molecule has 1 aliphatic rings. The Morgan fingerprint density at radius 1 is 1.33 bits per heavy atom. The highest BCUT2D eigenvalue weighted by atomic mass is 19.1. The molecule has 9 nitrogen and oxygen atoms in total. The van der Waals surface area contributed by atoms with Crippen molar-refractivity contribution in [1.29, 1.82) is 0 Å². The average Bonchev–Trinajstić information content (AvgIpc) is 3.05. The summed E-state index contributed by atoms with van der Waals surface area (Å²) in [6, 6.07) is 4.39. The van der Waals surface area contributed by atoms with Gasteiger partial charge in [0.1, 0.15) is 17.3 Å². The molecule has 0 bridgehead atoms. The summed E-state index contributed by atoms with van der Waals surface area (Å²) in [5.41, 5.74) is 1.37. The zero-order valence-electron chi connectivity index (χ0n) is 17.4. The van der Waals surface area contributed by atoms with Crippen LogP contribution in [0.3, 0.4) is 0 Å². The van der Waals surface area contributed by atoms with E-state index in [0.29, 0.717) is 41.7 Å². The van der Waals surface area contributed by atoms with Gasteiger partial charge in [-0.15, -0.1) is 0 Å². The Morgan fingerprint density at radius 2 is 2.07 bits per heavy atom. The van der Waals surface area contributed by atoms with Crippen LogP contribution >= 0.6 is 0 Å². The van der Waals surface area contributed by atoms with Crippen LogP contribution in [0.5, 0.6) is 0 Å². The molecule has 0 saturated carbocycles.